The van der Waals surface area contributed by atoms with E-state index in [4.69, 9.17) is 0 Å². The summed E-state index contributed by atoms with van der Waals surface area (Å²) in [5.41, 5.74) is -0.0670. The molecule has 0 spiro atoms. The molecule has 1 aliphatic heterocycles. The van der Waals surface area contributed by atoms with E-state index >= 15 is 0 Å². The molecule has 0 bridgehead atoms. The monoisotopic (exact) mass is 285 g/mol. The maximum Gasteiger partial charge on any atom is 0.287 e. The Morgan fingerprint density at radius 1 is 1.53 bits per heavy atom. The molecule has 0 N–H and O–H groups in total. The molecular weight excluding hydrogens is 270 g/mol. The van der Waals surface area contributed by atoms with Crippen LogP contribution >= 0.6 is 0 Å². The van der Waals surface area contributed by atoms with E-state index in [1.807, 2.05) is 4.90 Å². The first kappa shape index (κ1) is 13.7. The van der Waals surface area contributed by atoms with E-state index in [-0.39, 0.29) is 17.5 Å². The highest BCUT2D eigenvalue weighted by molar-refractivity contribution is 7.90. The van der Waals surface area contributed by atoms with E-state index < -0.39 is 14.8 Å². The van der Waals surface area contributed by atoms with Crippen molar-refractivity contribution in [3.8, 4) is 0 Å². The molecule has 1 fully saturated rings. The predicted octanol–water partition coefficient (Wildman–Crippen LogP) is 1.00. The topological polar surface area (TPSA) is 93.4 Å². The average molecular weight is 285 g/mol. The molecule has 2 rings (SSSR count). The van der Waals surface area contributed by atoms with Gasteiger partial charge in [-0.25, -0.2) is 13.4 Å². The van der Waals surface area contributed by atoms with Crippen molar-refractivity contribution >= 4 is 21.3 Å². The average Bonchev–Trinajstić information content (AvgIpc) is 2.75. The van der Waals surface area contributed by atoms with Gasteiger partial charge in [-0.15, -0.1) is 0 Å². The molecule has 104 valence electrons. The van der Waals surface area contributed by atoms with Crippen LogP contribution in [0.4, 0.5) is 11.5 Å². The minimum atomic E-state index is -3.05. The van der Waals surface area contributed by atoms with Crippen LogP contribution in [0.5, 0.6) is 0 Å². The van der Waals surface area contributed by atoms with Crippen LogP contribution in [0.2, 0.25) is 0 Å². The van der Waals surface area contributed by atoms with Crippen molar-refractivity contribution < 1.29 is 13.3 Å². The summed E-state index contributed by atoms with van der Waals surface area (Å²) in [6.07, 6.45) is 4.11. The van der Waals surface area contributed by atoms with Crippen LogP contribution in [0.3, 0.4) is 0 Å². The molecule has 0 amide bonds. The number of rotatable bonds is 4. The minimum Gasteiger partial charge on any atom is -0.353 e. The van der Waals surface area contributed by atoms with Crippen molar-refractivity contribution in [2.75, 3.05) is 23.5 Å². The van der Waals surface area contributed by atoms with Gasteiger partial charge in [0.15, 0.2) is 0 Å². The molecule has 2 heterocycles. The first-order valence-electron chi connectivity index (χ1n) is 5.91. The number of hydrogen-bond donors (Lipinski definition) is 0. The molecule has 0 aromatic carbocycles. The lowest BCUT2D eigenvalue weighted by molar-refractivity contribution is -0.385. The third-order valence-corrected chi connectivity index (χ3v) is 4.10. The Morgan fingerprint density at radius 3 is 2.79 bits per heavy atom. The Hall–Kier alpha value is -1.70. The molecule has 0 saturated carbocycles. The number of hydrogen-bond acceptors (Lipinski definition) is 6. The van der Waals surface area contributed by atoms with Crippen molar-refractivity contribution in [2.45, 2.75) is 18.9 Å². The lowest BCUT2D eigenvalue weighted by Crippen LogP contribution is -2.35. The van der Waals surface area contributed by atoms with Gasteiger partial charge < -0.3 is 4.90 Å². The van der Waals surface area contributed by atoms with E-state index in [0.717, 1.165) is 19.4 Å². The first-order valence-corrected chi connectivity index (χ1v) is 7.98. The maximum absolute atomic E-state index is 11.4. The van der Waals surface area contributed by atoms with Gasteiger partial charge in [0.05, 0.1) is 10.7 Å². The van der Waals surface area contributed by atoms with Crippen LogP contribution in [-0.2, 0) is 9.84 Å². The van der Waals surface area contributed by atoms with E-state index in [2.05, 4.69) is 4.98 Å². The number of anilines is 1. The van der Waals surface area contributed by atoms with Crippen molar-refractivity contribution in [1.29, 1.82) is 0 Å². The lowest BCUT2D eigenvalue weighted by Gasteiger charge is -2.24. The highest BCUT2D eigenvalue weighted by Crippen LogP contribution is 2.25. The van der Waals surface area contributed by atoms with Crippen LogP contribution in [0.15, 0.2) is 18.3 Å². The van der Waals surface area contributed by atoms with Gasteiger partial charge in [-0.05, 0) is 18.9 Å². The third-order valence-electron chi connectivity index (χ3n) is 3.11. The summed E-state index contributed by atoms with van der Waals surface area (Å²) >= 11 is 0. The predicted molar refractivity (Wildman–Crippen MR) is 71.0 cm³/mol. The number of aromatic nitrogens is 1. The second-order valence-corrected chi connectivity index (χ2v) is 6.90. The van der Waals surface area contributed by atoms with E-state index in [0.29, 0.717) is 5.82 Å². The van der Waals surface area contributed by atoms with E-state index in [1.54, 1.807) is 6.07 Å². The Bertz CT molecular complexity index is 570. The summed E-state index contributed by atoms with van der Waals surface area (Å²) in [4.78, 5) is 16.0. The lowest BCUT2D eigenvalue weighted by atomic mass is 10.2. The van der Waals surface area contributed by atoms with Crippen LogP contribution in [-0.4, -0.2) is 42.9 Å². The maximum atomic E-state index is 11.4. The van der Waals surface area contributed by atoms with Crippen molar-refractivity contribution in [3.63, 3.8) is 0 Å². The molecule has 1 aromatic rings. The zero-order valence-corrected chi connectivity index (χ0v) is 11.3. The SMILES string of the molecule is CS(=O)(=O)C[C@H]1CCCN1c1ccc([N+](=O)[O-])cn1. The number of sulfone groups is 1. The molecule has 8 heteroatoms. The highest BCUT2D eigenvalue weighted by atomic mass is 32.2. The molecule has 1 atom stereocenters. The standard InChI is InChI=1S/C11H15N3O4S/c1-19(17,18)8-10-3-2-6-13(10)11-5-4-9(7-12-11)14(15)16/h4-5,7,10H,2-3,6,8H2,1H3/t10-/m1/s1. The zero-order valence-electron chi connectivity index (χ0n) is 10.5. The number of pyridine rings is 1. The van der Waals surface area contributed by atoms with E-state index in [9.17, 15) is 18.5 Å². The smallest absolute Gasteiger partial charge is 0.287 e. The third kappa shape index (κ3) is 3.40. The molecule has 7 nitrogen and oxygen atoms in total. The first-order chi connectivity index (χ1) is 8.87. The summed E-state index contributed by atoms with van der Waals surface area (Å²) in [6, 6.07) is 2.86. The fourth-order valence-electron chi connectivity index (χ4n) is 2.32. The normalized spacial score (nSPS) is 19.6. The highest BCUT2D eigenvalue weighted by Gasteiger charge is 2.28. The second kappa shape index (κ2) is 5.12. The molecule has 1 saturated heterocycles. The molecule has 1 aromatic heterocycles. The van der Waals surface area contributed by atoms with Crippen LogP contribution in [0.1, 0.15) is 12.8 Å². The molecule has 0 aliphatic carbocycles. The van der Waals surface area contributed by atoms with Gasteiger partial charge >= 0.3 is 0 Å². The van der Waals surface area contributed by atoms with Gasteiger partial charge in [-0.3, -0.25) is 10.1 Å². The van der Waals surface area contributed by atoms with Crippen molar-refractivity contribution in [2.24, 2.45) is 0 Å². The zero-order chi connectivity index (χ0) is 14.0. The van der Waals surface area contributed by atoms with Gasteiger partial charge in [0.2, 0.25) is 0 Å². The van der Waals surface area contributed by atoms with Crippen LogP contribution in [0, 0.1) is 10.1 Å². The van der Waals surface area contributed by atoms with Gasteiger partial charge in [0.1, 0.15) is 21.9 Å². The van der Waals surface area contributed by atoms with Gasteiger partial charge in [0.25, 0.3) is 5.69 Å². The Labute approximate surface area is 111 Å². The largest absolute Gasteiger partial charge is 0.353 e. The van der Waals surface area contributed by atoms with Crippen molar-refractivity contribution in [3.05, 3.63) is 28.4 Å². The molecule has 19 heavy (non-hydrogen) atoms. The summed E-state index contributed by atoms with van der Waals surface area (Å²) < 4.78 is 22.7. The van der Waals surface area contributed by atoms with Crippen LogP contribution < -0.4 is 4.90 Å². The minimum absolute atomic E-state index is 0.0670. The van der Waals surface area contributed by atoms with E-state index in [1.165, 1.54) is 18.5 Å². The van der Waals surface area contributed by atoms with Gasteiger partial charge in [-0.2, -0.15) is 0 Å². The number of nitrogens with zero attached hydrogens (tertiary/aromatic N) is 3. The molecular formula is C11H15N3O4S. The van der Waals surface area contributed by atoms with Crippen LogP contribution in [0.25, 0.3) is 0 Å². The fraction of sp³-hybridized carbons (Fsp3) is 0.545. The summed E-state index contributed by atoms with van der Waals surface area (Å²) in [7, 11) is -3.05. The molecule has 0 unspecified atom stereocenters. The fourth-order valence-corrected chi connectivity index (χ4v) is 3.36. The summed E-state index contributed by atoms with van der Waals surface area (Å²) in [5.74, 6) is 0.683. The Morgan fingerprint density at radius 2 is 2.26 bits per heavy atom. The Kier molecular flexibility index (Phi) is 3.70. The molecule has 0 radical (unpaired) electrons. The second-order valence-electron chi connectivity index (χ2n) is 4.71. The van der Waals surface area contributed by atoms with Gasteiger partial charge in [-0.1, -0.05) is 0 Å². The Balaban J connectivity index is 2.18. The van der Waals surface area contributed by atoms with Crippen molar-refractivity contribution in [1.82, 2.24) is 4.98 Å². The quantitative estimate of drug-likeness (QED) is 0.605. The molecule has 1 aliphatic rings. The summed E-state index contributed by atoms with van der Waals surface area (Å²) in [6.45, 7) is 0.727. The van der Waals surface area contributed by atoms with Gasteiger partial charge in [0, 0.05) is 24.9 Å². The number of nitro groups is 1. The summed E-state index contributed by atoms with van der Waals surface area (Å²) in [5, 5.41) is 10.6.